The number of pyridine rings is 4. The molecule has 0 amide bonds. The summed E-state index contributed by atoms with van der Waals surface area (Å²) in [6, 6.07) is 23.6. The van der Waals surface area contributed by atoms with E-state index in [1.54, 1.807) is 6.07 Å². The summed E-state index contributed by atoms with van der Waals surface area (Å²) >= 11 is 0. The summed E-state index contributed by atoms with van der Waals surface area (Å²) in [4.78, 5) is 59.1. The van der Waals surface area contributed by atoms with Gasteiger partial charge < -0.3 is 8.80 Å². The van der Waals surface area contributed by atoms with Crippen LogP contribution in [0.4, 0.5) is 0 Å². The van der Waals surface area contributed by atoms with Gasteiger partial charge in [0.2, 0.25) is 0 Å². The monoisotopic (exact) mass is 740 g/mol. The molecule has 56 heavy (non-hydrogen) atoms. The first-order valence-electron chi connectivity index (χ1n) is 19.6. The van der Waals surface area contributed by atoms with Crippen LogP contribution in [0.25, 0.3) is 76.2 Å². The van der Waals surface area contributed by atoms with E-state index in [4.69, 9.17) is 0 Å². The Labute approximate surface area is 324 Å². The molecule has 6 heteroatoms. The average molecular weight is 741 g/mol. The van der Waals surface area contributed by atoms with E-state index >= 15 is 0 Å². The van der Waals surface area contributed by atoms with Crippen LogP contribution in [0.3, 0.4) is 0 Å². The first kappa shape index (κ1) is 36.0. The lowest BCUT2D eigenvalue weighted by atomic mass is 9.84. The highest BCUT2D eigenvalue weighted by atomic mass is 16.1. The van der Waals surface area contributed by atoms with Crippen LogP contribution in [-0.2, 0) is 21.7 Å². The van der Waals surface area contributed by atoms with Gasteiger partial charge in [0.15, 0.2) is 21.7 Å². The number of aromatic nitrogens is 2. The summed E-state index contributed by atoms with van der Waals surface area (Å²) in [6.45, 7) is 25.3. The van der Waals surface area contributed by atoms with Crippen molar-refractivity contribution in [3.8, 4) is 0 Å². The second kappa shape index (κ2) is 11.0. The van der Waals surface area contributed by atoms with E-state index in [0.29, 0.717) is 76.2 Å². The van der Waals surface area contributed by atoms with Crippen molar-refractivity contribution in [3.05, 3.63) is 136 Å². The fourth-order valence-electron chi connectivity index (χ4n) is 8.70. The Kier molecular flexibility index (Phi) is 7.10. The van der Waals surface area contributed by atoms with Crippen LogP contribution in [0.15, 0.2) is 92.0 Å². The molecule has 0 fully saturated rings. The third-order valence-electron chi connectivity index (χ3n) is 12.2. The zero-order chi connectivity index (χ0) is 40.3. The Bertz CT molecular complexity index is 3240. The van der Waals surface area contributed by atoms with E-state index in [9.17, 15) is 19.2 Å². The number of hydrogen-bond donors (Lipinski definition) is 0. The summed E-state index contributed by atoms with van der Waals surface area (Å²) in [5.74, 6) is 0. The largest absolute Gasteiger partial charge is 0.307 e. The Hall–Kier alpha value is -5.62. The molecule has 0 aliphatic heterocycles. The number of nitrogens with zero attached hydrogens (tertiary/aromatic N) is 2. The molecule has 0 N–H and O–H groups in total. The molecule has 0 bridgehead atoms. The summed E-state index contributed by atoms with van der Waals surface area (Å²) in [6.07, 6.45) is 0. The van der Waals surface area contributed by atoms with Gasteiger partial charge in [-0.2, -0.15) is 0 Å². The number of hydrogen-bond acceptors (Lipinski definition) is 4. The highest BCUT2D eigenvalue weighted by Crippen LogP contribution is 2.37. The highest BCUT2D eigenvalue weighted by molar-refractivity contribution is 6.13. The van der Waals surface area contributed by atoms with Gasteiger partial charge in [0.25, 0.3) is 0 Å². The van der Waals surface area contributed by atoms with Gasteiger partial charge >= 0.3 is 0 Å². The highest BCUT2D eigenvalue weighted by Gasteiger charge is 2.27. The Morgan fingerprint density at radius 1 is 0.304 bits per heavy atom. The van der Waals surface area contributed by atoms with Gasteiger partial charge in [-0.15, -0.1) is 0 Å². The molecule has 0 aliphatic rings. The molecule has 6 nitrogen and oxygen atoms in total. The molecule has 9 rings (SSSR count). The Morgan fingerprint density at radius 2 is 0.571 bits per heavy atom. The molecule has 0 aliphatic carbocycles. The minimum Gasteiger partial charge on any atom is -0.307 e. The van der Waals surface area contributed by atoms with E-state index in [1.165, 1.54) is 0 Å². The fourth-order valence-corrected chi connectivity index (χ4v) is 8.70. The summed E-state index contributed by atoms with van der Waals surface area (Å²) in [5.41, 5.74) is 5.80. The van der Waals surface area contributed by atoms with Crippen molar-refractivity contribution in [1.29, 1.82) is 0 Å². The van der Waals surface area contributed by atoms with Gasteiger partial charge in [-0.05, 0) is 105 Å². The first-order chi connectivity index (χ1) is 26.0. The molecular formula is C50H48N2O4. The summed E-state index contributed by atoms with van der Waals surface area (Å²) in [7, 11) is 0. The molecule has 0 spiro atoms. The lowest BCUT2D eigenvalue weighted by Crippen LogP contribution is -2.20. The fraction of sp³-hybridized carbons (Fsp3) is 0.320. The van der Waals surface area contributed by atoms with Crippen molar-refractivity contribution >= 4 is 76.2 Å². The van der Waals surface area contributed by atoms with Crippen molar-refractivity contribution < 1.29 is 0 Å². The zero-order valence-corrected chi connectivity index (χ0v) is 34.5. The molecule has 0 saturated heterocycles. The molecule has 5 aromatic carbocycles. The SMILES string of the molecule is CC(C)(C)c1ccc2c(c1)c(=O)c1cc(C(C)(C)C)cc3c(=O)c4cc5c(=O)c6cc(C(C)(C)C)cc7c(=O)c8cc(C(C)(C)C)ccc8n(c5cc4n2c13)c76. The summed E-state index contributed by atoms with van der Waals surface area (Å²) < 4.78 is 4.11. The van der Waals surface area contributed by atoms with Gasteiger partial charge in [-0.25, -0.2) is 0 Å². The minimum atomic E-state index is -0.339. The van der Waals surface area contributed by atoms with Crippen molar-refractivity contribution in [2.75, 3.05) is 0 Å². The van der Waals surface area contributed by atoms with Crippen molar-refractivity contribution in [1.82, 2.24) is 8.80 Å². The van der Waals surface area contributed by atoms with E-state index in [1.807, 2.05) is 54.6 Å². The number of fused-ring (bicyclic) bond motifs is 8. The van der Waals surface area contributed by atoms with Crippen LogP contribution < -0.4 is 21.7 Å². The third-order valence-corrected chi connectivity index (χ3v) is 12.2. The van der Waals surface area contributed by atoms with Crippen LogP contribution in [0.5, 0.6) is 0 Å². The van der Waals surface area contributed by atoms with Gasteiger partial charge in [0.1, 0.15) is 0 Å². The molecule has 9 aromatic rings. The molecule has 0 saturated carbocycles. The van der Waals surface area contributed by atoms with Crippen LogP contribution >= 0.6 is 0 Å². The lowest BCUT2D eigenvalue weighted by molar-refractivity contribution is 0.590. The maximum atomic E-state index is 14.9. The zero-order valence-electron chi connectivity index (χ0n) is 34.5. The molecule has 4 heterocycles. The van der Waals surface area contributed by atoms with Gasteiger partial charge in [0, 0.05) is 43.1 Å². The van der Waals surface area contributed by atoms with Gasteiger partial charge in [0.05, 0.1) is 33.1 Å². The lowest BCUT2D eigenvalue weighted by Gasteiger charge is -2.24. The number of rotatable bonds is 0. The second-order valence-electron chi connectivity index (χ2n) is 20.2. The van der Waals surface area contributed by atoms with Gasteiger partial charge in [-0.3, -0.25) is 19.2 Å². The van der Waals surface area contributed by atoms with Crippen LogP contribution in [0.1, 0.15) is 105 Å². The minimum absolute atomic E-state index is 0.111. The molecule has 4 aromatic heterocycles. The Balaban J connectivity index is 1.60. The summed E-state index contributed by atoms with van der Waals surface area (Å²) in [5, 5.41) is 3.81. The molecule has 282 valence electrons. The standard InChI is InChI=1S/C50H48N2O4/c1-47(2,3)25-13-15-37-29(17-25)43(53)33-19-27(49(7,8)9)21-35-41(33)51(37)39-24-40-32(23-31(39)45(35)55)46(56)36-22-28(50(10,11)12)20-34-42(36)52(40)38-16-14-26(48(4,5)6)18-30(38)44(34)54/h13-24H,1-12H3. The molecule has 0 unspecified atom stereocenters. The maximum absolute atomic E-state index is 14.9. The van der Waals surface area contributed by atoms with E-state index in [0.717, 1.165) is 22.3 Å². The molecule has 0 radical (unpaired) electrons. The van der Waals surface area contributed by atoms with E-state index < -0.39 is 0 Å². The van der Waals surface area contributed by atoms with Crippen molar-refractivity contribution in [2.24, 2.45) is 0 Å². The number of benzene rings is 5. The van der Waals surface area contributed by atoms with Gasteiger partial charge in [-0.1, -0.05) is 95.2 Å². The normalized spacial score (nSPS) is 13.6. The van der Waals surface area contributed by atoms with Crippen LogP contribution in [0.2, 0.25) is 0 Å². The van der Waals surface area contributed by atoms with Crippen LogP contribution in [-0.4, -0.2) is 8.80 Å². The average Bonchev–Trinajstić information content (AvgIpc) is 3.11. The van der Waals surface area contributed by atoms with Crippen LogP contribution in [0, 0.1) is 0 Å². The van der Waals surface area contributed by atoms with Crippen molar-refractivity contribution in [2.45, 2.75) is 105 Å². The van der Waals surface area contributed by atoms with Crippen molar-refractivity contribution in [3.63, 3.8) is 0 Å². The predicted octanol–water partition coefficient (Wildman–Crippen LogP) is 10.6. The second-order valence-corrected chi connectivity index (χ2v) is 20.2. The third kappa shape index (κ3) is 4.93. The Morgan fingerprint density at radius 3 is 0.857 bits per heavy atom. The van der Waals surface area contributed by atoms with E-state index in [2.05, 4.69) is 104 Å². The van der Waals surface area contributed by atoms with E-state index in [-0.39, 0.29) is 43.4 Å². The molecule has 0 atom stereocenters. The molecular weight excluding hydrogens is 693 g/mol. The quantitative estimate of drug-likeness (QED) is 0.115. The predicted molar refractivity (Wildman–Crippen MR) is 236 cm³/mol. The first-order valence-corrected chi connectivity index (χ1v) is 19.6. The topological polar surface area (TPSA) is 77.1 Å². The smallest absolute Gasteiger partial charge is 0.197 e. The maximum Gasteiger partial charge on any atom is 0.197 e.